The maximum absolute atomic E-state index is 12.9. The predicted octanol–water partition coefficient (Wildman–Crippen LogP) is 4.61. The number of benzene rings is 1. The summed E-state index contributed by atoms with van der Waals surface area (Å²) in [6, 6.07) is 9.57. The molecule has 33 heavy (non-hydrogen) atoms. The maximum atomic E-state index is 12.9. The molecule has 1 aromatic carbocycles. The Hall–Kier alpha value is -2.68. The summed E-state index contributed by atoms with van der Waals surface area (Å²) < 4.78 is 10.8. The highest BCUT2D eigenvalue weighted by Crippen LogP contribution is 2.27. The molecule has 1 saturated heterocycles. The molecule has 7 nitrogen and oxygen atoms in total. The Morgan fingerprint density at radius 3 is 2.55 bits per heavy atom. The Bertz CT molecular complexity index is 1100. The summed E-state index contributed by atoms with van der Waals surface area (Å²) in [7, 11) is 1.66. The van der Waals surface area contributed by atoms with E-state index in [0.29, 0.717) is 29.6 Å². The third kappa shape index (κ3) is 5.82. The van der Waals surface area contributed by atoms with E-state index < -0.39 is 0 Å². The van der Waals surface area contributed by atoms with Crippen molar-refractivity contribution in [3.05, 3.63) is 58.2 Å². The third-order valence-electron chi connectivity index (χ3n) is 5.34. The van der Waals surface area contributed by atoms with Gasteiger partial charge in [0.1, 0.15) is 15.8 Å². The van der Waals surface area contributed by atoms with Gasteiger partial charge in [0.2, 0.25) is 5.88 Å². The largest absolute Gasteiger partial charge is 0.497 e. The highest BCUT2D eigenvalue weighted by molar-refractivity contribution is 7.13. The minimum Gasteiger partial charge on any atom is -0.497 e. The molecule has 0 aliphatic carbocycles. The van der Waals surface area contributed by atoms with Gasteiger partial charge in [-0.1, -0.05) is 11.6 Å². The van der Waals surface area contributed by atoms with Crippen LogP contribution in [0.15, 0.2) is 41.9 Å². The molecule has 174 valence electrons. The molecule has 9 heteroatoms. The zero-order chi connectivity index (χ0) is 23.4. The summed E-state index contributed by atoms with van der Waals surface area (Å²) in [6.45, 7) is 7.45. The predicted molar refractivity (Wildman–Crippen MR) is 130 cm³/mol. The zero-order valence-electron chi connectivity index (χ0n) is 19.0. The van der Waals surface area contributed by atoms with Crippen LogP contribution in [0.25, 0.3) is 10.6 Å². The first-order valence-electron chi connectivity index (χ1n) is 10.9. The first kappa shape index (κ1) is 23.5. The van der Waals surface area contributed by atoms with Gasteiger partial charge in [-0.2, -0.15) is 0 Å². The second kappa shape index (κ2) is 10.5. The number of thiazole rings is 1. The Labute approximate surface area is 202 Å². The molecule has 1 aliphatic heterocycles. The Morgan fingerprint density at radius 2 is 1.91 bits per heavy atom. The minimum absolute atomic E-state index is 0.0327. The van der Waals surface area contributed by atoms with Crippen molar-refractivity contribution >= 4 is 28.8 Å². The van der Waals surface area contributed by atoms with E-state index in [9.17, 15) is 4.79 Å². The standard InChI is InChI=1S/C24H27ClN4O3S/c1-16(2)32-22-21(25)12-18(13-26-22)24(30)29-10-8-28(9-11-29)14-19-15-33-23(27-19)17-4-6-20(31-3)7-5-17/h4-7,12-13,15-16H,8-11,14H2,1-3H3. The van der Waals surface area contributed by atoms with E-state index in [1.807, 2.05) is 43.0 Å². The van der Waals surface area contributed by atoms with Gasteiger partial charge >= 0.3 is 0 Å². The van der Waals surface area contributed by atoms with Gasteiger partial charge in [-0.3, -0.25) is 9.69 Å². The van der Waals surface area contributed by atoms with Crippen LogP contribution >= 0.6 is 22.9 Å². The monoisotopic (exact) mass is 486 g/mol. The van der Waals surface area contributed by atoms with Crippen LogP contribution in [0, 0.1) is 0 Å². The lowest BCUT2D eigenvalue weighted by Gasteiger charge is -2.34. The van der Waals surface area contributed by atoms with E-state index in [0.717, 1.165) is 41.6 Å². The number of piperazine rings is 1. The molecule has 2 aromatic heterocycles. The number of carbonyl (C=O) groups excluding carboxylic acids is 1. The molecule has 0 radical (unpaired) electrons. The summed E-state index contributed by atoms with van der Waals surface area (Å²) in [6.07, 6.45) is 1.50. The second-order valence-corrected chi connectivity index (χ2v) is 9.38. The van der Waals surface area contributed by atoms with Gasteiger partial charge in [0, 0.05) is 49.9 Å². The van der Waals surface area contributed by atoms with Crippen LogP contribution in [0.1, 0.15) is 29.9 Å². The summed E-state index contributed by atoms with van der Waals surface area (Å²) in [5, 5.41) is 3.45. The topological polar surface area (TPSA) is 67.8 Å². The SMILES string of the molecule is COc1ccc(-c2nc(CN3CCN(C(=O)c4cnc(OC(C)C)c(Cl)c4)CC3)cs2)cc1. The van der Waals surface area contributed by atoms with Crippen LogP contribution in [0.2, 0.25) is 5.02 Å². The molecule has 1 aliphatic rings. The van der Waals surface area contributed by atoms with Crippen molar-refractivity contribution in [1.82, 2.24) is 19.8 Å². The Balaban J connectivity index is 1.31. The molecule has 0 atom stereocenters. The lowest BCUT2D eigenvalue weighted by molar-refractivity contribution is 0.0627. The summed E-state index contributed by atoms with van der Waals surface area (Å²) in [5.74, 6) is 1.13. The molecule has 0 unspecified atom stereocenters. The van der Waals surface area contributed by atoms with Gasteiger partial charge < -0.3 is 14.4 Å². The number of halogens is 1. The number of carbonyl (C=O) groups is 1. The van der Waals surface area contributed by atoms with Gasteiger partial charge in [-0.15, -0.1) is 11.3 Å². The number of amides is 1. The second-order valence-electron chi connectivity index (χ2n) is 8.12. The number of hydrogen-bond acceptors (Lipinski definition) is 7. The van der Waals surface area contributed by atoms with E-state index in [1.54, 1.807) is 24.5 Å². The van der Waals surface area contributed by atoms with Crippen molar-refractivity contribution in [3.63, 3.8) is 0 Å². The molecule has 0 N–H and O–H groups in total. The number of aromatic nitrogens is 2. The fourth-order valence-corrected chi connectivity index (χ4v) is 4.65. The van der Waals surface area contributed by atoms with Gasteiger partial charge in [-0.25, -0.2) is 9.97 Å². The van der Waals surface area contributed by atoms with E-state index in [2.05, 4.69) is 15.3 Å². The van der Waals surface area contributed by atoms with Crippen molar-refractivity contribution in [2.45, 2.75) is 26.5 Å². The van der Waals surface area contributed by atoms with Crippen molar-refractivity contribution in [2.75, 3.05) is 33.3 Å². The van der Waals surface area contributed by atoms with E-state index >= 15 is 0 Å². The molecule has 0 bridgehead atoms. The third-order valence-corrected chi connectivity index (χ3v) is 6.55. The Kier molecular flexibility index (Phi) is 7.47. The molecule has 0 spiro atoms. The minimum atomic E-state index is -0.0596. The lowest BCUT2D eigenvalue weighted by Crippen LogP contribution is -2.48. The van der Waals surface area contributed by atoms with Crippen molar-refractivity contribution in [3.8, 4) is 22.2 Å². The molecule has 1 fully saturated rings. The first-order chi connectivity index (χ1) is 15.9. The molecular formula is C24H27ClN4O3S. The quantitative estimate of drug-likeness (QED) is 0.485. The highest BCUT2D eigenvalue weighted by atomic mass is 35.5. The highest BCUT2D eigenvalue weighted by Gasteiger charge is 2.24. The van der Waals surface area contributed by atoms with E-state index in [4.69, 9.17) is 26.1 Å². The molecule has 0 saturated carbocycles. The Morgan fingerprint density at radius 1 is 1.18 bits per heavy atom. The van der Waals surface area contributed by atoms with Crippen molar-refractivity contribution in [2.24, 2.45) is 0 Å². The molecule has 4 rings (SSSR count). The van der Waals surface area contributed by atoms with E-state index in [1.165, 1.54) is 6.20 Å². The average Bonchev–Trinajstić information content (AvgIpc) is 3.28. The lowest BCUT2D eigenvalue weighted by atomic mass is 10.2. The van der Waals surface area contributed by atoms with E-state index in [-0.39, 0.29) is 12.0 Å². The number of hydrogen-bond donors (Lipinski definition) is 0. The fraction of sp³-hybridized carbons (Fsp3) is 0.375. The molecule has 3 aromatic rings. The summed E-state index contributed by atoms with van der Waals surface area (Å²) >= 11 is 7.89. The zero-order valence-corrected chi connectivity index (χ0v) is 20.5. The molecule has 3 heterocycles. The summed E-state index contributed by atoms with van der Waals surface area (Å²) in [4.78, 5) is 26.1. The van der Waals surface area contributed by atoms with Crippen LogP contribution < -0.4 is 9.47 Å². The van der Waals surface area contributed by atoms with Crippen molar-refractivity contribution in [1.29, 1.82) is 0 Å². The number of rotatable bonds is 7. The number of ether oxygens (including phenoxy) is 2. The number of methoxy groups -OCH3 is 1. The molecule has 1 amide bonds. The number of nitrogens with zero attached hydrogens (tertiary/aromatic N) is 4. The first-order valence-corrected chi connectivity index (χ1v) is 12.1. The van der Waals surface area contributed by atoms with Gasteiger partial charge in [-0.05, 0) is 44.2 Å². The van der Waals surface area contributed by atoms with Gasteiger partial charge in [0.15, 0.2) is 0 Å². The molecular weight excluding hydrogens is 460 g/mol. The van der Waals surface area contributed by atoms with Crippen LogP contribution in [-0.2, 0) is 6.54 Å². The van der Waals surface area contributed by atoms with Gasteiger partial charge in [0.25, 0.3) is 5.91 Å². The van der Waals surface area contributed by atoms with Crippen LogP contribution in [0.3, 0.4) is 0 Å². The van der Waals surface area contributed by atoms with Gasteiger partial charge in [0.05, 0.1) is 24.5 Å². The van der Waals surface area contributed by atoms with Crippen LogP contribution in [0.4, 0.5) is 0 Å². The normalized spacial score (nSPS) is 14.5. The smallest absolute Gasteiger partial charge is 0.255 e. The number of pyridine rings is 1. The van der Waals surface area contributed by atoms with Crippen molar-refractivity contribution < 1.29 is 14.3 Å². The van der Waals surface area contributed by atoms with Crippen LogP contribution in [0.5, 0.6) is 11.6 Å². The average molecular weight is 487 g/mol. The maximum Gasteiger partial charge on any atom is 0.255 e. The summed E-state index contributed by atoms with van der Waals surface area (Å²) in [5.41, 5.74) is 2.61. The fourth-order valence-electron chi connectivity index (χ4n) is 3.62. The van der Waals surface area contributed by atoms with Crippen LogP contribution in [-0.4, -0.2) is 65.1 Å².